The van der Waals surface area contributed by atoms with Crippen LogP contribution in [-0.4, -0.2) is 30.0 Å². The van der Waals surface area contributed by atoms with E-state index in [1.807, 2.05) is 0 Å². The Labute approximate surface area is 99.0 Å². The molecule has 86 valence electrons. The summed E-state index contributed by atoms with van der Waals surface area (Å²) in [7, 11) is 0. The smallest absolute Gasteiger partial charge is 0.163 e. The van der Waals surface area contributed by atoms with Crippen molar-refractivity contribution in [2.24, 2.45) is 0 Å². The van der Waals surface area contributed by atoms with Gasteiger partial charge in [0.05, 0.1) is 18.2 Å². The van der Waals surface area contributed by atoms with Gasteiger partial charge in [0.1, 0.15) is 5.15 Å². The fourth-order valence-corrected chi connectivity index (χ4v) is 1.86. The highest BCUT2D eigenvalue weighted by Gasteiger charge is 2.18. The van der Waals surface area contributed by atoms with Gasteiger partial charge in [0, 0.05) is 18.5 Å². The molecule has 16 heavy (non-hydrogen) atoms. The van der Waals surface area contributed by atoms with E-state index in [0.717, 1.165) is 18.7 Å². The van der Waals surface area contributed by atoms with Gasteiger partial charge >= 0.3 is 0 Å². The highest BCUT2D eigenvalue weighted by molar-refractivity contribution is 6.29. The summed E-state index contributed by atoms with van der Waals surface area (Å²) >= 11 is 5.81. The molecule has 0 aromatic carbocycles. The first kappa shape index (κ1) is 11.4. The monoisotopic (exact) mass is 240 g/mol. The highest BCUT2D eigenvalue weighted by Crippen LogP contribution is 2.21. The number of halogens is 1. The number of Topliss-reactive ketones (excluding diaryl/α,β-unsaturated/α-hetero) is 1. The topological polar surface area (TPSA) is 51.2 Å². The lowest BCUT2D eigenvalue weighted by Gasteiger charge is -2.14. The standard InChI is InChI=1S/C11H13ClN2O2/c1-7(15)9-5-13-11(12)4-10(9)14-8-2-3-16-6-8/h4-5,8H,2-3,6H2,1H3,(H,13,14)/t8-/m0/s1. The SMILES string of the molecule is CC(=O)c1cnc(Cl)cc1N[C@H]1CCOC1. The summed E-state index contributed by atoms with van der Waals surface area (Å²) in [6.07, 6.45) is 2.44. The van der Waals surface area contributed by atoms with Gasteiger partial charge in [-0.25, -0.2) is 4.98 Å². The van der Waals surface area contributed by atoms with Crippen LogP contribution >= 0.6 is 11.6 Å². The fourth-order valence-electron chi connectivity index (χ4n) is 1.70. The van der Waals surface area contributed by atoms with E-state index in [1.54, 1.807) is 6.07 Å². The van der Waals surface area contributed by atoms with Gasteiger partial charge in [-0.15, -0.1) is 0 Å². The fraction of sp³-hybridized carbons (Fsp3) is 0.455. The maximum Gasteiger partial charge on any atom is 0.163 e. The molecule has 4 nitrogen and oxygen atoms in total. The predicted molar refractivity (Wildman–Crippen MR) is 62.1 cm³/mol. The molecule has 0 saturated carbocycles. The lowest BCUT2D eigenvalue weighted by molar-refractivity contribution is 0.101. The molecule has 1 aliphatic heterocycles. The zero-order chi connectivity index (χ0) is 11.5. The van der Waals surface area contributed by atoms with Gasteiger partial charge in [0.25, 0.3) is 0 Å². The van der Waals surface area contributed by atoms with E-state index in [-0.39, 0.29) is 11.8 Å². The van der Waals surface area contributed by atoms with Crippen LogP contribution in [0.3, 0.4) is 0 Å². The van der Waals surface area contributed by atoms with Gasteiger partial charge in [-0.2, -0.15) is 0 Å². The van der Waals surface area contributed by atoms with Crippen LogP contribution in [0.2, 0.25) is 5.15 Å². The molecule has 0 spiro atoms. The summed E-state index contributed by atoms with van der Waals surface area (Å²) in [4.78, 5) is 15.3. The molecule has 0 radical (unpaired) electrons. The summed E-state index contributed by atoms with van der Waals surface area (Å²) in [6.45, 7) is 2.93. The van der Waals surface area contributed by atoms with E-state index in [2.05, 4.69) is 10.3 Å². The normalized spacial score (nSPS) is 19.8. The van der Waals surface area contributed by atoms with Crippen molar-refractivity contribution in [3.05, 3.63) is 23.0 Å². The van der Waals surface area contributed by atoms with Gasteiger partial charge in [0.2, 0.25) is 0 Å². The molecule has 1 fully saturated rings. The van der Waals surface area contributed by atoms with Crippen LogP contribution in [0.5, 0.6) is 0 Å². The third-order valence-electron chi connectivity index (χ3n) is 2.54. The molecule has 0 bridgehead atoms. The first-order chi connectivity index (χ1) is 7.66. The van der Waals surface area contributed by atoms with Crippen molar-refractivity contribution in [1.82, 2.24) is 4.98 Å². The van der Waals surface area contributed by atoms with E-state index in [1.165, 1.54) is 13.1 Å². The summed E-state index contributed by atoms with van der Waals surface area (Å²) < 4.78 is 5.26. The minimum absolute atomic E-state index is 0.0226. The van der Waals surface area contributed by atoms with E-state index >= 15 is 0 Å². The number of nitrogens with zero attached hydrogens (tertiary/aromatic N) is 1. The highest BCUT2D eigenvalue weighted by atomic mass is 35.5. The van der Waals surface area contributed by atoms with E-state index in [9.17, 15) is 4.79 Å². The number of hydrogen-bond acceptors (Lipinski definition) is 4. The summed E-state index contributed by atoms with van der Waals surface area (Å²) in [5.74, 6) is -0.0226. The van der Waals surface area contributed by atoms with Crippen LogP contribution in [-0.2, 0) is 4.74 Å². The van der Waals surface area contributed by atoms with Crippen LogP contribution in [0.25, 0.3) is 0 Å². The van der Waals surface area contributed by atoms with Crippen molar-refractivity contribution >= 4 is 23.1 Å². The Morgan fingerprint density at radius 1 is 1.69 bits per heavy atom. The Hall–Kier alpha value is -1.13. The Morgan fingerprint density at radius 2 is 2.50 bits per heavy atom. The average Bonchev–Trinajstić information content (AvgIpc) is 2.70. The van der Waals surface area contributed by atoms with Crippen molar-refractivity contribution in [2.75, 3.05) is 18.5 Å². The van der Waals surface area contributed by atoms with Crippen LogP contribution < -0.4 is 5.32 Å². The number of anilines is 1. The van der Waals surface area contributed by atoms with Gasteiger partial charge < -0.3 is 10.1 Å². The van der Waals surface area contributed by atoms with Crippen molar-refractivity contribution < 1.29 is 9.53 Å². The molecule has 1 aromatic heterocycles. The number of aromatic nitrogens is 1. The second-order valence-corrected chi connectivity index (χ2v) is 4.20. The van der Waals surface area contributed by atoms with E-state index < -0.39 is 0 Å². The van der Waals surface area contributed by atoms with Crippen molar-refractivity contribution in [3.63, 3.8) is 0 Å². The zero-order valence-corrected chi connectivity index (χ0v) is 9.75. The molecule has 0 unspecified atom stereocenters. The van der Waals surface area contributed by atoms with E-state index in [4.69, 9.17) is 16.3 Å². The number of carbonyl (C=O) groups excluding carboxylic acids is 1. The Bertz CT molecular complexity index is 403. The quantitative estimate of drug-likeness (QED) is 0.650. The van der Waals surface area contributed by atoms with Crippen LogP contribution in [0.1, 0.15) is 23.7 Å². The second-order valence-electron chi connectivity index (χ2n) is 3.81. The number of pyridine rings is 1. The molecule has 0 amide bonds. The van der Waals surface area contributed by atoms with Crippen molar-refractivity contribution in [1.29, 1.82) is 0 Å². The first-order valence-electron chi connectivity index (χ1n) is 5.17. The number of carbonyl (C=O) groups is 1. The van der Waals surface area contributed by atoms with Gasteiger partial charge in [-0.05, 0) is 19.4 Å². The van der Waals surface area contributed by atoms with E-state index in [0.29, 0.717) is 17.3 Å². The number of ketones is 1. The third-order valence-corrected chi connectivity index (χ3v) is 2.75. The minimum atomic E-state index is -0.0226. The average molecular weight is 241 g/mol. The van der Waals surface area contributed by atoms with Gasteiger partial charge in [0.15, 0.2) is 5.78 Å². The molecule has 2 rings (SSSR count). The van der Waals surface area contributed by atoms with Gasteiger partial charge in [-0.1, -0.05) is 11.6 Å². The predicted octanol–water partition coefficient (Wildman–Crippen LogP) is 2.14. The molecule has 1 aromatic rings. The summed E-state index contributed by atoms with van der Waals surface area (Å²) in [6, 6.07) is 1.92. The van der Waals surface area contributed by atoms with Crippen molar-refractivity contribution in [3.8, 4) is 0 Å². The zero-order valence-electron chi connectivity index (χ0n) is 9.00. The summed E-state index contributed by atoms with van der Waals surface area (Å²) in [5, 5.41) is 3.64. The lowest BCUT2D eigenvalue weighted by atomic mass is 10.1. The molecule has 5 heteroatoms. The number of rotatable bonds is 3. The molecule has 1 N–H and O–H groups in total. The number of nitrogens with one attached hydrogen (secondary N) is 1. The van der Waals surface area contributed by atoms with Crippen LogP contribution in [0.15, 0.2) is 12.3 Å². The lowest BCUT2D eigenvalue weighted by Crippen LogP contribution is -2.20. The second kappa shape index (κ2) is 4.80. The summed E-state index contributed by atoms with van der Waals surface area (Å²) in [5.41, 5.74) is 1.30. The molecule has 0 aliphatic carbocycles. The van der Waals surface area contributed by atoms with Crippen molar-refractivity contribution in [2.45, 2.75) is 19.4 Å². The maximum absolute atomic E-state index is 11.4. The first-order valence-corrected chi connectivity index (χ1v) is 5.55. The van der Waals surface area contributed by atoms with Gasteiger partial charge in [-0.3, -0.25) is 4.79 Å². The Morgan fingerprint density at radius 3 is 3.12 bits per heavy atom. The third kappa shape index (κ3) is 2.51. The Balaban J connectivity index is 2.22. The number of hydrogen-bond donors (Lipinski definition) is 1. The molecule has 1 saturated heterocycles. The molecule has 2 heterocycles. The molecule has 1 aliphatic rings. The maximum atomic E-state index is 11.4. The largest absolute Gasteiger partial charge is 0.379 e. The van der Waals surface area contributed by atoms with Crippen LogP contribution in [0, 0.1) is 0 Å². The molecular weight excluding hydrogens is 228 g/mol. The number of ether oxygens (including phenoxy) is 1. The minimum Gasteiger partial charge on any atom is -0.379 e. The van der Waals surface area contributed by atoms with Crippen LogP contribution in [0.4, 0.5) is 5.69 Å². The Kier molecular flexibility index (Phi) is 3.41. The molecular formula is C11H13ClN2O2. The molecule has 1 atom stereocenters.